The summed E-state index contributed by atoms with van der Waals surface area (Å²) in [5.74, 6) is -0.154. The third kappa shape index (κ3) is 52.6. The zero-order chi connectivity index (χ0) is 49.2. The molecule has 0 saturated carbocycles. The number of aliphatic hydroxyl groups is 1. The number of quaternary nitrogens is 1. The van der Waals surface area contributed by atoms with E-state index < -0.39 is 20.0 Å². The van der Waals surface area contributed by atoms with E-state index in [4.69, 9.17) is 9.05 Å². The number of nitrogens with zero attached hydrogens (tertiary/aromatic N) is 1. The highest BCUT2D eigenvalue weighted by molar-refractivity contribution is 7.47. The molecule has 3 atom stereocenters. The molecule has 0 radical (unpaired) electrons. The lowest BCUT2D eigenvalue weighted by atomic mass is 10.0. The van der Waals surface area contributed by atoms with Crippen LogP contribution in [0.5, 0.6) is 0 Å². The molecule has 3 unspecified atom stereocenters. The highest BCUT2D eigenvalue weighted by Crippen LogP contribution is 2.43. The molecule has 0 rings (SSSR count). The van der Waals surface area contributed by atoms with Gasteiger partial charge >= 0.3 is 7.82 Å². The molecule has 0 aromatic heterocycles. The Morgan fingerprint density at radius 1 is 0.507 bits per heavy atom. The highest BCUT2D eigenvalue weighted by Gasteiger charge is 2.28. The Morgan fingerprint density at radius 3 is 1.24 bits per heavy atom. The molecule has 67 heavy (non-hydrogen) atoms. The van der Waals surface area contributed by atoms with E-state index in [1.807, 2.05) is 21.1 Å². The minimum Gasteiger partial charge on any atom is -0.391 e. The Balaban J connectivity index is 4.08. The maximum atomic E-state index is 13.0. The van der Waals surface area contributed by atoms with Crippen molar-refractivity contribution >= 4 is 13.7 Å². The number of nitrogens with one attached hydrogen (secondary N) is 1. The third-order valence-corrected chi connectivity index (χ3v) is 14.4. The van der Waals surface area contributed by atoms with Crippen molar-refractivity contribution < 1.29 is 32.9 Å². The number of phosphoric ester groups is 1. The number of carbonyl (C=O) groups is 1. The molecule has 398 valence electrons. The smallest absolute Gasteiger partial charge is 0.391 e. The Labute approximate surface area is 417 Å². The largest absolute Gasteiger partial charge is 0.472 e. The zero-order valence-electron chi connectivity index (χ0n) is 45.4. The number of phosphoric acid groups is 1. The molecular formula is C58H116N2O6P+. The van der Waals surface area contributed by atoms with Gasteiger partial charge in [0, 0.05) is 6.42 Å². The number of unbranched alkanes of at least 4 members (excludes halogenated alkanes) is 37. The van der Waals surface area contributed by atoms with Gasteiger partial charge in [-0.3, -0.25) is 13.8 Å². The number of hydrogen-bond acceptors (Lipinski definition) is 5. The molecule has 1 amide bonds. The number of likely N-dealkylation sites (N-methyl/N-ethyl adjacent to an activating group) is 1. The van der Waals surface area contributed by atoms with Crippen molar-refractivity contribution in [2.24, 2.45) is 0 Å². The highest BCUT2D eigenvalue weighted by atomic mass is 31.2. The van der Waals surface area contributed by atoms with Crippen LogP contribution < -0.4 is 5.32 Å². The minimum atomic E-state index is -4.32. The Morgan fingerprint density at radius 2 is 0.851 bits per heavy atom. The lowest BCUT2D eigenvalue weighted by Crippen LogP contribution is -2.46. The van der Waals surface area contributed by atoms with Crippen LogP contribution in [0.1, 0.15) is 290 Å². The summed E-state index contributed by atoms with van der Waals surface area (Å²) in [5.41, 5.74) is 0. The summed E-state index contributed by atoms with van der Waals surface area (Å²) < 4.78 is 23.8. The summed E-state index contributed by atoms with van der Waals surface area (Å²) in [4.78, 5) is 23.3. The van der Waals surface area contributed by atoms with E-state index in [0.29, 0.717) is 23.9 Å². The molecule has 8 nitrogen and oxygen atoms in total. The maximum Gasteiger partial charge on any atom is 0.472 e. The van der Waals surface area contributed by atoms with E-state index in [-0.39, 0.29) is 19.1 Å². The average molecular weight is 969 g/mol. The molecular weight excluding hydrogens is 852 g/mol. The Kier molecular flexibility index (Phi) is 49.2. The standard InChI is InChI=1S/C58H115N2O6P/c1-6-8-10-12-14-16-18-20-22-24-25-26-27-28-29-30-31-32-33-34-35-36-37-39-41-43-45-47-49-51-57(61)56(55-66-67(63,64)65-54-53-60(3,4)5)59-58(62)52-50-48-46-44-42-40-38-23-21-19-17-15-13-11-9-7-2/h17,19,23,38,56-57,61H,6-16,18,20-22,24-37,39-55H2,1-5H3,(H-,59,62,63,64)/p+1/b19-17-,38-23-. The number of hydrogen-bond donors (Lipinski definition) is 3. The second-order valence-corrected chi connectivity index (χ2v) is 22.8. The summed E-state index contributed by atoms with van der Waals surface area (Å²) in [6.07, 6.45) is 62.4. The number of amides is 1. The normalized spacial score (nSPS) is 14.1. The monoisotopic (exact) mass is 968 g/mol. The van der Waals surface area contributed by atoms with Gasteiger partial charge in [0.2, 0.25) is 5.91 Å². The number of aliphatic hydroxyl groups excluding tert-OH is 1. The molecule has 0 fully saturated rings. The van der Waals surface area contributed by atoms with E-state index in [9.17, 15) is 19.4 Å². The first kappa shape index (κ1) is 66.0. The quantitative estimate of drug-likeness (QED) is 0.0243. The van der Waals surface area contributed by atoms with E-state index in [2.05, 4.69) is 43.5 Å². The fraction of sp³-hybridized carbons (Fsp3) is 0.914. The summed E-state index contributed by atoms with van der Waals surface area (Å²) in [6, 6.07) is -0.767. The second kappa shape index (κ2) is 49.9. The first-order chi connectivity index (χ1) is 32.5. The lowest BCUT2D eigenvalue weighted by molar-refractivity contribution is -0.870. The van der Waals surface area contributed by atoms with Crippen LogP contribution >= 0.6 is 7.82 Å². The lowest BCUT2D eigenvalue weighted by Gasteiger charge is -2.26. The first-order valence-electron chi connectivity index (χ1n) is 29.2. The molecule has 0 aliphatic carbocycles. The molecule has 0 aromatic carbocycles. The fourth-order valence-corrected chi connectivity index (χ4v) is 9.58. The predicted octanol–water partition coefficient (Wildman–Crippen LogP) is 17.6. The Bertz CT molecular complexity index is 1140. The fourth-order valence-electron chi connectivity index (χ4n) is 8.84. The van der Waals surface area contributed by atoms with Crippen molar-refractivity contribution in [1.29, 1.82) is 0 Å². The summed E-state index contributed by atoms with van der Waals surface area (Å²) >= 11 is 0. The van der Waals surface area contributed by atoms with Crippen LogP contribution in [-0.2, 0) is 18.4 Å². The molecule has 3 N–H and O–H groups in total. The van der Waals surface area contributed by atoms with Crippen molar-refractivity contribution in [2.75, 3.05) is 40.9 Å². The van der Waals surface area contributed by atoms with Crippen LogP contribution in [0.3, 0.4) is 0 Å². The van der Waals surface area contributed by atoms with Crippen LogP contribution in [0.25, 0.3) is 0 Å². The molecule has 0 aliphatic heterocycles. The molecule has 0 aliphatic rings. The van der Waals surface area contributed by atoms with Crippen molar-refractivity contribution in [1.82, 2.24) is 5.32 Å². The molecule has 0 aromatic rings. The number of carbonyl (C=O) groups excluding carboxylic acids is 1. The SMILES string of the molecule is CCCCCC/C=C\C/C=C\CCCCCCCC(=O)NC(COP(=O)(O)OCC[N+](C)(C)C)C(O)CCCCCCCCCCCCCCCCCCCCCCCCCCCCCCC. The Hall–Kier alpha value is -1.02. The van der Waals surface area contributed by atoms with Gasteiger partial charge in [-0.2, -0.15) is 0 Å². The molecule has 0 saturated heterocycles. The van der Waals surface area contributed by atoms with Crippen LogP contribution in [0, 0.1) is 0 Å². The van der Waals surface area contributed by atoms with E-state index in [0.717, 1.165) is 64.2 Å². The molecule has 0 bridgehead atoms. The van der Waals surface area contributed by atoms with Crippen molar-refractivity contribution in [3.05, 3.63) is 24.3 Å². The van der Waals surface area contributed by atoms with Gasteiger partial charge in [-0.25, -0.2) is 4.57 Å². The van der Waals surface area contributed by atoms with Gasteiger partial charge in [0.05, 0.1) is 39.9 Å². The van der Waals surface area contributed by atoms with Crippen LogP contribution in [0.2, 0.25) is 0 Å². The van der Waals surface area contributed by atoms with Gasteiger partial charge in [-0.05, 0) is 44.9 Å². The maximum absolute atomic E-state index is 13.0. The topological polar surface area (TPSA) is 105 Å². The summed E-state index contributed by atoms with van der Waals surface area (Å²) in [6.45, 7) is 4.89. The van der Waals surface area contributed by atoms with E-state index >= 15 is 0 Å². The molecule has 0 spiro atoms. The summed E-state index contributed by atoms with van der Waals surface area (Å²) in [7, 11) is 1.61. The van der Waals surface area contributed by atoms with E-state index in [1.165, 1.54) is 199 Å². The zero-order valence-corrected chi connectivity index (χ0v) is 46.3. The van der Waals surface area contributed by atoms with Gasteiger partial charge in [0.1, 0.15) is 13.2 Å². The van der Waals surface area contributed by atoms with Gasteiger partial charge in [0.25, 0.3) is 0 Å². The van der Waals surface area contributed by atoms with Gasteiger partial charge in [0.15, 0.2) is 0 Å². The van der Waals surface area contributed by atoms with Gasteiger partial charge in [-0.15, -0.1) is 0 Å². The third-order valence-electron chi connectivity index (χ3n) is 13.5. The minimum absolute atomic E-state index is 0.0728. The predicted molar refractivity (Wildman–Crippen MR) is 291 cm³/mol. The van der Waals surface area contributed by atoms with Crippen LogP contribution in [0.4, 0.5) is 0 Å². The van der Waals surface area contributed by atoms with Crippen LogP contribution in [-0.4, -0.2) is 73.4 Å². The number of rotatable bonds is 54. The van der Waals surface area contributed by atoms with Gasteiger partial charge in [-0.1, -0.05) is 263 Å². The second-order valence-electron chi connectivity index (χ2n) is 21.4. The summed E-state index contributed by atoms with van der Waals surface area (Å²) in [5, 5.41) is 14.1. The molecule has 9 heteroatoms. The van der Waals surface area contributed by atoms with Gasteiger partial charge < -0.3 is 19.8 Å². The van der Waals surface area contributed by atoms with Crippen molar-refractivity contribution in [3.8, 4) is 0 Å². The van der Waals surface area contributed by atoms with Crippen LogP contribution in [0.15, 0.2) is 24.3 Å². The average Bonchev–Trinajstić information content (AvgIpc) is 3.29. The number of allylic oxidation sites excluding steroid dienone is 4. The molecule has 0 heterocycles. The first-order valence-corrected chi connectivity index (χ1v) is 30.7. The van der Waals surface area contributed by atoms with E-state index in [1.54, 1.807) is 0 Å². The van der Waals surface area contributed by atoms with Crippen molar-refractivity contribution in [3.63, 3.8) is 0 Å². The van der Waals surface area contributed by atoms with Crippen molar-refractivity contribution in [2.45, 2.75) is 302 Å².